The molecule has 8 heteroatoms. The molecule has 2 N–H and O–H groups in total. The van der Waals surface area contributed by atoms with Crippen molar-refractivity contribution in [3.05, 3.63) is 86.9 Å². The molecule has 7 nitrogen and oxygen atoms in total. The van der Waals surface area contributed by atoms with Gasteiger partial charge in [-0.05, 0) is 90.1 Å². The first-order valence-electron chi connectivity index (χ1n) is 11.1. The van der Waals surface area contributed by atoms with Gasteiger partial charge in [-0.3, -0.25) is 9.59 Å². The molecule has 3 aromatic carbocycles. The van der Waals surface area contributed by atoms with Crippen LogP contribution >= 0.6 is 15.9 Å². The maximum absolute atomic E-state index is 12.2. The third-order valence-corrected chi connectivity index (χ3v) is 5.45. The fraction of sp³-hybridized carbons (Fsp3) is 0.222. The number of rotatable bonds is 8. The van der Waals surface area contributed by atoms with Crippen LogP contribution in [-0.2, 0) is 16.2 Å². The van der Waals surface area contributed by atoms with Crippen LogP contribution in [0.2, 0.25) is 0 Å². The maximum Gasteiger partial charge on any atom is 0.329 e. The van der Waals surface area contributed by atoms with Crippen molar-refractivity contribution in [2.45, 2.75) is 34.3 Å². The molecule has 0 aliphatic heterocycles. The molecule has 0 heterocycles. The van der Waals surface area contributed by atoms with Crippen LogP contribution in [0.4, 0.5) is 5.69 Å². The van der Waals surface area contributed by atoms with Crippen LogP contribution < -0.4 is 20.2 Å². The predicted octanol–water partition coefficient (Wildman–Crippen LogP) is 5.44. The van der Waals surface area contributed by atoms with E-state index in [9.17, 15) is 9.59 Å². The first-order valence-corrected chi connectivity index (χ1v) is 11.9. The number of amides is 2. The Labute approximate surface area is 213 Å². The molecule has 2 amide bonds. The number of nitrogens with one attached hydrogen (secondary N) is 2. The van der Waals surface area contributed by atoms with E-state index < -0.39 is 11.8 Å². The predicted molar refractivity (Wildman–Crippen MR) is 141 cm³/mol. The lowest BCUT2D eigenvalue weighted by Gasteiger charge is -2.15. The van der Waals surface area contributed by atoms with Crippen molar-refractivity contribution in [2.24, 2.45) is 5.10 Å². The van der Waals surface area contributed by atoms with Crippen LogP contribution in [0, 0.1) is 20.8 Å². The molecule has 0 aromatic heterocycles. The second-order valence-electron chi connectivity index (χ2n) is 8.07. The molecule has 0 aliphatic carbocycles. The van der Waals surface area contributed by atoms with E-state index >= 15 is 0 Å². The van der Waals surface area contributed by atoms with Gasteiger partial charge in [0.2, 0.25) is 0 Å². The van der Waals surface area contributed by atoms with E-state index in [1.54, 1.807) is 24.3 Å². The first kappa shape index (κ1) is 26.0. The van der Waals surface area contributed by atoms with Crippen molar-refractivity contribution in [3.8, 4) is 11.5 Å². The molecule has 0 atom stereocenters. The summed E-state index contributed by atoms with van der Waals surface area (Å²) in [5, 5.41) is 6.49. The van der Waals surface area contributed by atoms with Gasteiger partial charge in [-0.15, -0.1) is 0 Å². The molecule has 0 saturated carbocycles. The smallest absolute Gasteiger partial charge is 0.329 e. The number of aryl methyl sites for hydroxylation is 3. The van der Waals surface area contributed by atoms with E-state index in [-0.39, 0.29) is 0 Å². The number of carbonyl (C=O) groups is 2. The highest BCUT2D eigenvalue weighted by molar-refractivity contribution is 9.10. The van der Waals surface area contributed by atoms with Crippen LogP contribution in [0.5, 0.6) is 11.5 Å². The number of benzene rings is 3. The minimum atomic E-state index is -0.873. The highest BCUT2D eigenvalue weighted by Gasteiger charge is 2.14. The molecule has 0 radical (unpaired) electrons. The Morgan fingerprint density at radius 2 is 1.69 bits per heavy atom. The van der Waals surface area contributed by atoms with Crippen molar-refractivity contribution in [2.75, 3.05) is 11.9 Å². The number of ether oxygens (including phenoxy) is 2. The van der Waals surface area contributed by atoms with Crippen molar-refractivity contribution in [3.63, 3.8) is 0 Å². The van der Waals surface area contributed by atoms with Gasteiger partial charge in [-0.1, -0.05) is 35.9 Å². The molecule has 3 aromatic rings. The van der Waals surface area contributed by atoms with E-state index in [0.29, 0.717) is 40.4 Å². The third kappa shape index (κ3) is 7.68. The summed E-state index contributed by atoms with van der Waals surface area (Å²) in [6.07, 6.45) is 1.43. The van der Waals surface area contributed by atoms with Gasteiger partial charge in [-0.2, -0.15) is 5.10 Å². The highest BCUT2D eigenvalue weighted by Crippen LogP contribution is 2.37. The van der Waals surface area contributed by atoms with E-state index in [2.05, 4.69) is 37.8 Å². The number of hydrogen-bond acceptors (Lipinski definition) is 5. The molecular formula is C27H28BrN3O4. The number of halogens is 1. The second kappa shape index (κ2) is 12.2. The van der Waals surface area contributed by atoms with Crippen molar-refractivity contribution in [1.29, 1.82) is 0 Å². The quantitative estimate of drug-likeness (QED) is 0.227. The lowest BCUT2D eigenvalue weighted by Crippen LogP contribution is -2.32. The lowest BCUT2D eigenvalue weighted by atomic mass is 10.1. The van der Waals surface area contributed by atoms with E-state index in [1.807, 2.05) is 52.0 Å². The van der Waals surface area contributed by atoms with E-state index in [4.69, 9.17) is 9.47 Å². The Hall–Kier alpha value is -3.65. The second-order valence-corrected chi connectivity index (χ2v) is 8.92. The average molecular weight is 538 g/mol. The van der Waals surface area contributed by atoms with Crippen molar-refractivity contribution >= 4 is 39.6 Å². The fourth-order valence-corrected chi connectivity index (χ4v) is 4.05. The van der Waals surface area contributed by atoms with Crippen LogP contribution in [-0.4, -0.2) is 24.6 Å². The van der Waals surface area contributed by atoms with Crippen LogP contribution in [0.1, 0.15) is 34.7 Å². The summed E-state index contributed by atoms with van der Waals surface area (Å²) in [4.78, 5) is 24.3. The number of anilines is 1. The Morgan fingerprint density at radius 1 is 0.943 bits per heavy atom. The van der Waals surface area contributed by atoms with Crippen LogP contribution in [0.15, 0.2) is 64.2 Å². The zero-order valence-corrected chi connectivity index (χ0v) is 21.7. The zero-order valence-electron chi connectivity index (χ0n) is 20.1. The fourth-order valence-electron chi connectivity index (χ4n) is 3.47. The summed E-state index contributed by atoms with van der Waals surface area (Å²) in [6, 6.07) is 17.2. The Kier molecular flexibility index (Phi) is 9.03. The zero-order chi connectivity index (χ0) is 25.4. The minimum absolute atomic E-state index is 0.388. The van der Waals surface area contributed by atoms with Crippen LogP contribution in [0.25, 0.3) is 0 Å². The molecule has 0 bridgehead atoms. The summed E-state index contributed by atoms with van der Waals surface area (Å²) in [7, 11) is 0. The normalized spacial score (nSPS) is 10.8. The van der Waals surface area contributed by atoms with E-state index in [0.717, 1.165) is 22.3 Å². The summed E-state index contributed by atoms with van der Waals surface area (Å²) in [5.41, 5.74) is 7.63. The molecule has 0 saturated heterocycles. The molecule has 0 fully saturated rings. The molecule has 3 rings (SSSR count). The number of hydrogen-bond donors (Lipinski definition) is 2. The topological polar surface area (TPSA) is 89.0 Å². The van der Waals surface area contributed by atoms with Gasteiger partial charge >= 0.3 is 11.8 Å². The summed E-state index contributed by atoms with van der Waals surface area (Å²) in [6.45, 7) is 8.59. The summed E-state index contributed by atoms with van der Waals surface area (Å²) < 4.78 is 12.5. The lowest BCUT2D eigenvalue weighted by molar-refractivity contribution is -0.136. The first-order chi connectivity index (χ1) is 16.7. The minimum Gasteiger partial charge on any atom is -0.490 e. The standard InChI is InChI=1S/C27H28BrN3O4/c1-5-34-24-14-21(13-23(28)25(24)35-16-20-8-6-7-17(2)10-20)15-29-31-27(33)26(32)30-22-11-18(3)9-19(4)12-22/h6-15H,5,16H2,1-4H3,(H,30,32)(H,31,33). The average Bonchev–Trinajstić information content (AvgIpc) is 2.78. The highest BCUT2D eigenvalue weighted by atomic mass is 79.9. The largest absolute Gasteiger partial charge is 0.490 e. The van der Waals surface area contributed by atoms with Gasteiger partial charge in [0, 0.05) is 5.69 Å². The maximum atomic E-state index is 12.2. The number of hydrazone groups is 1. The van der Waals surface area contributed by atoms with Gasteiger partial charge in [0.1, 0.15) is 6.61 Å². The van der Waals surface area contributed by atoms with Crippen molar-refractivity contribution < 1.29 is 19.1 Å². The van der Waals surface area contributed by atoms with Crippen LogP contribution in [0.3, 0.4) is 0 Å². The van der Waals surface area contributed by atoms with Gasteiger partial charge in [0.25, 0.3) is 0 Å². The Bertz CT molecular complexity index is 1240. The van der Waals surface area contributed by atoms with Gasteiger partial charge in [-0.25, -0.2) is 5.43 Å². The molecule has 0 spiro atoms. The summed E-state index contributed by atoms with van der Waals surface area (Å²) >= 11 is 3.53. The molecule has 182 valence electrons. The molecular weight excluding hydrogens is 510 g/mol. The monoisotopic (exact) mass is 537 g/mol. The van der Waals surface area contributed by atoms with E-state index in [1.165, 1.54) is 6.21 Å². The Morgan fingerprint density at radius 3 is 2.37 bits per heavy atom. The van der Waals surface area contributed by atoms with Gasteiger partial charge < -0.3 is 14.8 Å². The van der Waals surface area contributed by atoms with Crippen molar-refractivity contribution in [1.82, 2.24) is 5.43 Å². The molecule has 0 unspecified atom stereocenters. The van der Waals surface area contributed by atoms with Gasteiger partial charge in [0.05, 0.1) is 17.3 Å². The number of nitrogens with zero attached hydrogens (tertiary/aromatic N) is 1. The number of carbonyl (C=O) groups excluding carboxylic acids is 2. The SMILES string of the molecule is CCOc1cc(C=NNC(=O)C(=O)Nc2cc(C)cc(C)c2)cc(Br)c1OCc1cccc(C)c1. The summed E-state index contributed by atoms with van der Waals surface area (Å²) in [5.74, 6) is -0.567. The molecule has 0 aliphatic rings. The van der Waals surface area contributed by atoms with Gasteiger partial charge in [0.15, 0.2) is 11.5 Å². The molecule has 35 heavy (non-hydrogen) atoms. The third-order valence-electron chi connectivity index (χ3n) is 4.86. The Balaban J connectivity index is 1.66.